The predicted octanol–water partition coefficient (Wildman–Crippen LogP) is 1.45. The summed E-state index contributed by atoms with van der Waals surface area (Å²) < 4.78 is 38.1. The number of aromatic nitrogens is 2. The van der Waals surface area contributed by atoms with Gasteiger partial charge in [0.1, 0.15) is 6.54 Å². The molecule has 2 rings (SSSR count). The molecule has 6 nitrogen and oxygen atoms in total. The van der Waals surface area contributed by atoms with Crippen molar-refractivity contribution in [1.82, 2.24) is 20.4 Å². The van der Waals surface area contributed by atoms with Gasteiger partial charge in [0.15, 0.2) is 5.69 Å². The molecule has 0 atom stereocenters. The lowest BCUT2D eigenvalue weighted by Gasteiger charge is -2.07. The zero-order valence-electron chi connectivity index (χ0n) is 12.5. The third-order valence-corrected chi connectivity index (χ3v) is 3.01. The Hall–Kier alpha value is -2.84. The molecule has 128 valence electrons. The number of nitrogens with zero attached hydrogens (tertiary/aromatic N) is 2. The maximum Gasteiger partial charge on any atom is 0.435 e. The molecule has 0 unspecified atom stereocenters. The first kappa shape index (κ1) is 17.5. The van der Waals surface area contributed by atoms with Gasteiger partial charge >= 0.3 is 6.18 Å². The number of hydrogen-bond acceptors (Lipinski definition) is 3. The highest BCUT2D eigenvalue weighted by Crippen LogP contribution is 2.27. The Kier molecular flexibility index (Phi) is 5.56. The zero-order chi connectivity index (χ0) is 17.6. The van der Waals surface area contributed by atoms with Crippen molar-refractivity contribution in [3.05, 3.63) is 53.9 Å². The summed E-state index contributed by atoms with van der Waals surface area (Å²) >= 11 is 0. The third kappa shape index (κ3) is 5.11. The van der Waals surface area contributed by atoms with E-state index in [-0.39, 0.29) is 25.5 Å². The molecule has 0 saturated heterocycles. The highest BCUT2D eigenvalue weighted by molar-refractivity contribution is 5.94. The Bertz CT molecular complexity index is 698. The fraction of sp³-hybridized carbons (Fsp3) is 0.267. The van der Waals surface area contributed by atoms with Gasteiger partial charge in [-0.15, -0.1) is 0 Å². The van der Waals surface area contributed by atoms with Gasteiger partial charge in [-0.1, -0.05) is 18.2 Å². The van der Waals surface area contributed by atoms with E-state index in [0.717, 1.165) is 16.9 Å². The van der Waals surface area contributed by atoms with E-state index in [9.17, 15) is 22.8 Å². The third-order valence-electron chi connectivity index (χ3n) is 3.01. The van der Waals surface area contributed by atoms with Gasteiger partial charge in [-0.05, 0) is 18.2 Å². The molecule has 2 N–H and O–H groups in total. The average Bonchev–Trinajstić information content (AvgIpc) is 3.01. The van der Waals surface area contributed by atoms with Crippen LogP contribution in [0.25, 0.3) is 0 Å². The van der Waals surface area contributed by atoms with Crippen molar-refractivity contribution < 1.29 is 22.8 Å². The quantitative estimate of drug-likeness (QED) is 0.782. The number of rotatable bonds is 6. The van der Waals surface area contributed by atoms with E-state index < -0.39 is 17.8 Å². The lowest BCUT2D eigenvalue weighted by atomic mass is 10.2. The van der Waals surface area contributed by atoms with Gasteiger partial charge in [-0.25, -0.2) is 0 Å². The lowest BCUT2D eigenvalue weighted by molar-refractivity contribution is -0.141. The van der Waals surface area contributed by atoms with E-state index in [1.54, 1.807) is 30.3 Å². The fourth-order valence-electron chi connectivity index (χ4n) is 1.87. The number of alkyl halides is 3. The zero-order valence-corrected chi connectivity index (χ0v) is 12.5. The van der Waals surface area contributed by atoms with E-state index in [2.05, 4.69) is 15.7 Å². The number of amides is 2. The standard InChI is InChI=1S/C15H15F3N4O2/c16-15(17,18)12-6-9-22(21-12)10-13(23)19-7-8-20-14(24)11-4-2-1-3-5-11/h1-6,9H,7-8,10H2,(H,19,23)(H,20,24). The largest absolute Gasteiger partial charge is 0.435 e. The molecular weight excluding hydrogens is 325 g/mol. The summed E-state index contributed by atoms with van der Waals surface area (Å²) in [5, 5.41) is 8.39. The van der Waals surface area contributed by atoms with Gasteiger partial charge in [0.05, 0.1) is 0 Å². The summed E-state index contributed by atoms with van der Waals surface area (Å²) in [4.78, 5) is 23.4. The van der Waals surface area contributed by atoms with E-state index in [0.29, 0.717) is 5.56 Å². The Morgan fingerprint density at radius 2 is 1.71 bits per heavy atom. The molecule has 0 aliphatic rings. The molecule has 0 aliphatic carbocycles. The van der Waals surface area contributed by atoms with Crippen LogP contribution in [0.2, 0.25) is 0 Å². The molecule has 0 bridgehead atoms. The van der Waals surface area contributed by atoms with Crippen LogP contribution in [0.5, 0.6) is 0 Å². The second-order valence-corrected chi connectivity index (χ2v) is 4.87. The number of benzene rings is 1. The van der Waals surface area contributed by atoms with Crippen LogP contribution in [0.3, 0.4) is 0 Å². The summed E-state index contributed by atoms with van der Waals surface area (Å²) in [6.45, 7) is 0.0277. The Labute approximate surface area is 135 Å². The highest BCUT2D eigenvalue weighted by Gasteiger charge is 2.33. The number of hydrogen-bond donors (Lipinski definition) is 2. The summed E-state index contributed by atoms with van der Waals surface area (Å²) in [5.74, 6) is -0.771. The topological polar surface area (TPSA) is 76.0 Å². The molecule has 0 fully saturated rings. The van der Waals surface area contributed by atoms with Crippen LogP contribution < -0.4 is 10.6 Å². The van der Waals surface area contributed by atoms with E-state index in [1.165, 1.54) is 0 Å². The van der Waals surface area contributed by atoms with Crippen LogP contribution in [0.4, 0.5) is 13.2 Å². The maximum atomic E-state index is 12.4. The second kappa shape index (κ2) is 7.62. The van der Waals surface area contributed by atoms with Crippen molar-refractivity contribution in [3.63, 3.8) is 0 Å². The minimum absolute atomic E-state index is 0.158. The van der Waals surface area contributed by atoms with E-state index in [4.69, 9.17) is 0 Å². The summed E-state index contributed by atoms with van der Waals surface area (Å²) in [6.07, 6.45) is -3.46. The molecule has 24 heavy (non-hydrogen) atoms. The van der Waals surface area contributed by atoms with Gasteiger partial charge in [0, 0.05) is 24.8 Å². The molecule has 1 aromatic heterocycles. The van der Waals surface area contributed by atoms with Crippen molar-refractivity contribution >= 4 is 11.8 Å². The number of carbonyl (C=O) groups is 2. The normalized spacial score (nSPS) is 11.1. The molecular formula is C15H15F3N4O2. The molecule has 0 aliphatic heterocycles. The summed E-state index contributed by atoms with van der Waals surface area (Å²) in [5.41, 5.74) is -0.550. The van der Waals surface area contributed by atoms with Crippen LogP contribution in [0.1, 0.15) is 16.1 Å². The van der Waals surface area contributed by atoms with Gasteiger partial charge < -0.3 is 10.6 Å². The Morgan fingerprint density at radius 1 is 1.04 bits per heavy atom. The summed E-state index contributed by atoms with van der Waals surface area (Å²) in [7, 11) is 0. The second-order valence-electron chi connectivity index (χ2n) is 4.87. The van der Waals surface area contributed by atoms with Gasteiger partial charge in [0.25, 0.3) is 5.91 Å². The smallest absolute Gasteiger partial charge is 0.353 e. The molecule has 1 heterocycles. The highest BCUT2D eigenvalue weighted by atomic mass is 19.4. The lowest BCUT2D eigenvalue weighted by Crippen LogP contribution is -2.36. The van der Waals surface area contributed by atoms with Gasteiger partial charge in [-0.2, -0.15) is 18.3 Å². The van der Waals surface area contributed by atoms with E-state index >= 15 is 0 Å². The first-order valence-corrected chi connectivity index (χ1v) is 7.07. The summed E-state index contributed by atoms with van der Waals surface area (Å²) in [6, 6.07) is 9.36. The fourth-order valence-corrected chi connectivity index (χ4v) is 1.87. The minimum atomic E-state index is -4.54. The first-order valence-electron chi connectivity index (χ1n) is 7.07. The number of nitrogens with one attached hydrogen (secondary N) is 2. The van der Waals surface area contributed by atoms with E-state index in [1.807, 2.05) is 0 Å². The van der Waals surface area contributed by atoms with Crippen LogP contribution in [-0.4, -0.2) is 34.7 Å². The molecule has 0 radical (unpaired) electrons. The SMILES string of the molecule is O=C(Cn1ccc(C(F)(F)F)n1)NCCNC(=O)c1ccccc1. The van der Waals surface area contributed by atoms with Crippen molar-refractivity contribution in [2.75, 3.05) is 13.1 Å². The molecule has 2 amide bonds. The predicted molar refractivity (Wildman–Crippen MR) is 79.0 cm³/mol. The van der Waals surface area contributed by atoms with Crippen molar-refractivity contribution in [3.8, 4) is 0 Å². The Morgan fingerprint density at radius 3 is 2.33 bits per heavy atom. The molecule has 0 spiro atoms. The van der Waals surface area contributed by atoms with Gasteiger partial charge in [0.2, 0.25) is 5.91 Å². The van der Waals surface area contributed by atoms with Crippen molar-refractivity contribution in [1.29, 1.82) is 0 Å². The number of halogens is 3. The first-order chi connectivity index (χ1) is 11.4. The molecule has 1 aromatic carbocycles. The molecule has 9 heteroatoms. The maximum absolute atomic E-state index is 12.4. The Balaban J connectivity index is 1.70. The van der Waals surface area contributed by atoms with Crippen LogP contribution in [-0.2, 0) is 17.5 Å². The number of carbonyl (C=O) groups excluding carboxylic acids is 2. The van der Waals surface area contributed by atoms with Crippen LogP contribution >= 0.6 is 0 Å². The van der Waals surface area contributed by atoms with Crippen LogP contribution in [0, 0.1) is 0 Å². The average molecular weight is 340 g/mol. The van der Waals surface area contributed by atoms with Crippen molar-refractivity contribution in [2.24, 2.45) is 0 Å². The van der Waals surface area contributed by atoms with Crippen molar-refractivity contribution in [2.45, 2.75) is 12.7 Å². The van der Waals surface area contributed by atoms with Gasteiger partial charge in [-0.3, -0.25) is 14.3 Å². The monoisotopic (exact) mass is 340 g/mol. The molecule has 2 aromatic rings. The minimum Gasteiger partial charge on any atom is -0.353 e. The van der Waals surface area contributed by atoms with Crippen LogP contribution in [0.15, 0.2) is 42.6 Å². The molecule has 0 saturated carbocycles.